The molecule has 6 aromatic rings. The Labute approximate surface area is 226 Å². The first kappa shape index (κ1) is 23.9. The maximum absolute atomic E-state index is 11.9. The molecular weight excluding hydrogens is 482 g/mol. The molecule has 0 atom stereocenters. The minimum atomic E-state index is -0.326. The van der Waals surface area contributed by atoms with Crippen LogP contribution in [0.2, 0.25) is 0 Å². The number of aromatic nitrogens is 2. The van der Waals surface area contributed by atoms with Gasteiger partial charge in [-0.2, -0.15) is 0 Å². The van der Waals surface area contributed by atoms with E-state index in [1.54, 1.807) is 30.6 Å². The number of para-hydroxylation sites is 1. The van der Waals surface area contributed by atoms with Gasteiger partial charge in [-0.1, -0.05) is 60.7 Å². The first-order chi connectivity index (χ1) is 19.2. The summed E-state index contributed by atoms with van der Waals surface area (Å²) in [4.78, 5) is 20.1. The minimum Gasteiger partial charge on any atom is -0.264 e. The molecule has 0 bridgehead atoms. The van der Waals surface area contributed by atoms with Crippen molar-refractivity contribution in [3.05, 3.63) is 150 Å². The second-order valence-electron chi connectivity index (χ2n) is 9.22. The number of hydrogen-bond donors (Lipinski definition) is 0. The van der Waals surface area contributed by atoms with Gasteiger partial charge < -0.3 is 0 Å². The Morgan fingerprint density at radius 2 is 0.897 bits per heavy atom. The van der Waals surface area contributed by atoms with E-state index in [1.807, 2.05) is 67.0 Å². The summed E-state index contributed by atoms with van der Waals surface area (Å²) in [6.45, 7) is 0. The summed E-state index contributed by atoms with van der Waals surface area (Å²) in [5.41, 5.74) is 9.57. The van der Waals surface area contributed by atoms with Crippen LogP contribution in [0.1, 0.15) is 0 Å². The van der Waals surface area contributed by atoms with E-state index in [0.717, 1.165) is 50.1 Å². The lowest BCUT2D eigenvalue weighted by Gasteiger charge is -2.13. The molecule has 0 N–H and O–H groups in total. The summed E-state index contributed by atoms with van der Waals surface area (Å²) in [6.07, 6.45) is 7.21. The van der Waals surface area contributed by atoms with Crippen LogP contribution in [0.15, 0.2) is 140 Å². The molecule has 5 heteroatoms. The van der Waals surface area contributed by atoms with Gasteiger partial charge in [0.15, 0.2) is 0 Å². The Hall–Kier alpha value is -5.42. The SMILES string of the molecule is O=[N+]([O-])c1ccccc1-c1cc(-c2cccc(-c3cccnc3)c2)cc(-c2cccc(-c3cccnc3)c2)c1. The molecule has 0 unspecified atom stereocenters. The first-order valence-electron chi connectivity index (χ1n) is 12.6. The lowest BCUT2D eigenvalue weighted by Crippen LogP contribution is -1.93. The number of nitro groups is 1. The molecule has 2 heterocycles. The van der Waals surface area contributed by atoms with E-state index in [4.69, 9.17) is 0 Å². The zero-order valence-electron chi connectivity index (χ0n) is 20.9. The van der Waals surface area contributed by atoms with Crippen molar-refractivity contribution in [3.63, 3.8) is 0 Å². The molecule has 5 nitrogen and oxygen atoms in total. The van der Waals surface area contributed by atoms with Crippen molar-refractivity contribution < 1.29 is 4.92 Å². The number of pyridine rings is 2. The van der Waals surface area contributed by atoms with Crippen LogP contribution in [0.5, 0.6) is 0 Å². The van der Waals surface area contributed by atoms with Crippen molar-refractivity contribution in [3.8, 4) is 55.6 Å². The molecule has 39 heavy (non-hydrogen) atoms. The van der Waals surface area contributed by atoms with Crippen LogP contribution < -0.4 is 0 Å². The van der Waals surface area contributed by atoms with Crippen LogP contribution in [-0.4, -0.2) is 14.9 Å². The Morgan fingerprint density at radius 3 is 1.38 bits per heavy atom. The highest BCUT2D eigenvalue weighted by Gasteiger charge is 2.17. The van der Waals surface area contributed by atoms with Crippen molar-refractivity contribution in [2.45, 2.75) is 0 Å². The molecule has 2 aromatic heterocycles. The van der Waals surface area contributed by atoms with Crippen molar-refractivity contribution in [1.29, 1.82) is 0 Å². The Bertz CT molecular complexity index is 1680. The van der Waals surface area contributed by atoms with Gasteiger partial charge in [0.25, 0.3) is 5.69 Å². The van der Waals surface area contributed by atoms with E-state index in [9.17, 15) is 10.1 Å². The van der Waals surface area contributed by atoms with Gasteiger partial charge in [0, 0.05) is 42.0 Å². The van der Waals surface area contributed by atoms with Crippen LogP contribution in [0.25, 0.3) is 55.6 Å². The van der Waals surface area contributed by atoms with Crippen LogP contribution in [0.4, 0.5) is 5.69 Å². The maximum atomic E-state index is 11.9. The Kier molecular flexibility index (Phi) is 6.46. The van der Waals surface area contributed by atoms with Gasteiger partial charge in [0.1, 0.15) is 0 Å². The average molecular weight is 506 g/mol. The molecule has 0 saturated carbocycles. The van der Waals surface area contributed by atoms with E-state index in [1.165, 1.54) is 0 Å². The smallest absolute Gasteiger partial charge is 0.264 e. The van der Waals surface area contributed by atoms with Gasteiger partial charge in [0.05, 0.1) is 10.5 Å². The predicted octanol–water partition coefficient (Wildman–Crippen LogP) is 8.72. The Balaban J connectivity index is 1.54. The van der Waals surface area contributed by atoms with Gasteiger partial charge >= 0.3 is 0 Å². The second-order valence-corrected chi connectivity index (χ2v) is 9.22. The molecule has 186 valence electrons. The number of hydrogen-bond acceptors (Lipinski definition) is 4. The Morgan fingerprint density at radius 1 is 0.462 bits per heavy atom. The summed E-state index contributed by atoms with van der Waals surface area (Å²) >= 11 is 0. The van der Waals surface area contributed by atoms with Crippen LogP contribution >= 0.6 is 0 Å². The van der Waals surface area contributed by atoms with Crippen LogP contribution in [-0.2, 0) is 0 Å². The molecule has 0 aliphatic rings. The highest BCUT2D eigenvalue weighted by atomic mass is 16.6. The molecule has 0 saturated heterocycles. The van der Waals surface area contributed by atoms with E-state index in [2.05, 4.69) is 52.4 Å². The summed E-state index contributed by atoms with van der Waals surface area (Å²) in [6, 6.07) is 37.5. The topological polar surface area (TPSA) is 68.9 Å². The first-order valence-corrected chi connectivity index (χ1v) is 12.6. The highest BCUT2D eigenvalue weighted by molar-refractivity contribution is 5.86. The van der Waals surface area contributed by atoms with Gasteiger partial charge in [-0.05, 0) is 87.5 Å². The van der Waals surface area contributed by atoms with E-state index >= 15 is 0 Å². The zero-order chi connectivity index (χ0) is 26.6. The summed E-state index contributed by atoms with van der Waals surface area (Å²) in [7, 11) is 0. The number of rotatable bonds is 6. The van der Waals surface area contributed by atoms with Gasteiger partial charge in [-0.25, -0.2) is 0 Å². The molecule has 0 aliphatic carbocycles. The predicted molar refractivity (Wildman–Crippen MR) is 156 cm³/mol. The highest BCUT2D eigenvalue weighted by Crippen LogP contribution is 2.38. The standard InChI is InChI=1S/C34H23N3O2/c38-37(39)34-14-2-1-13-33(34)32-20-30(26-9-3-7-24(17-26)28-11-5-15-35-22-28)19-31(21-32)27-10-4-8-25(18-27)29-12-6-16-36-23-29/h1-23H. The van der Waals surface area contributed by atoms with E-state index in [-0.39, 0.29) is 10.6 Å². The van der Waals surface area contributed by atoms with Gasteiger partial charge in [-0.15, -0.1) is 0 Å². The summed E-state index contributed by atoms with van der Waals surface area (Å²) in [5, 5.41) is 11.9. The number of nitro benzene ring substituents is 1. The van der Waals surface area contributed by atoms with Crippen LogP contribution in [0, 0.1) is 10.1 Å². The summed E-state index contributed by atoms with van der Waals surface area (Å²) in [5.74, 6) is 0. The van der Waals surface area contributed by atoms with E-state index < -0.39 is 0 Å². The lowest BCUT2D eigenvalue weighted by molar-refractivity contribution is -0.384. The summed E-state index contributed by atoms with van der Waals surface area (Å²) < 4.78 is 0. The quantitative estimate of drug-likeness (QED) is 0.168. The van der Waals surface area contributed by atoms with Crippen molar-refractivity contribution >= 4 is 5.69 Å². The third-order valence-electron chi connectivity index (χ3n) is 6.73. The molecule has 6 rings (SSSR count). The fourth-order valence-electron chi connectivity index (χ4n) is 4.82. The van der Waals surface area contributed by atoms with E-state index in [0.29, 0.717) is 5.56 Å². The third-order valence-corrected chi connectivity index (χ3v) is 6.73. The lowest BCUT2D eigenvalue weighted by atomic mass is 9.91. The molecule has 0 radical (unpaired) electrons. The fourth-order valence-corrected chi connectivity index (χ4v) is 4.82. The normalized spacial score (nSPS) is 10.8. The van der Waals surface area contributed by atoms with Crippen LogP contribution in [0.3, 0.4) is 0 Å². The van der Waals surface area contributed by atoms with Gasteiger partial charge in [-0.3, -0.25) is 20.1 Å². The second kappa shape index (κ2) is 10.5. The average Bonchev–Trinajstić information content (AvgIpc) is 3.02. The molecule has 0 aliphatic heterocycles. The minimum absolute atomic E-state index is 0.0776. The maximum Gasteiger partial charge on any atom is 0.277 e. The fraction of sp³-hybridized carbons (Fsp3) is 0. The molecule has 0 fully saturated rings. The molecular formula is C34H23N3O2. The molecule has 0 spiro atoms. The zero-order valence-corrected chi connectivity index (χ0v) is 20.9. The van der Waals surface area contributed by atoms with Gasteiger partial charge in [0.2, 0.25) is 0 Å². The van der Waals surface area contributed by atoms with Crippen molar-refractivity contribution in [1.82, 2.24) is 9.97 Å². The number of nitrogens with zero attached hydrogens (tertiary/aromatic N) is 3. The number of benzene rings is 4. The molecule has 0 amide bonds. The molecule has 4 aromatic carbocycles. The largest absolute Gasteiger partial charge is 0.277 e. The monoisotopic (exact) mass is 505 g/mol. The van der Waals surface area contributed by atoms with Crippen molar-refractivity contribution in [2.75, 3.05) is 0 Å². The third kappa shape index (κ3) is 5.06. The van der Waals surface area contributed by atoms with Crippen molar-refractivity contribution in [2.24, 2.45) is 0 Å².